The van der Waals surface area contributed by atoms with Gasteiger partial charge in [-0.15, -0.1) is 12.4 Å². The Morgan fingerprint density at radius 3 is 2.32 bits per heavy atom. The summed E-state index contributed by atoms with van der Waals surface area (Å²) in [6.45, 7) is 2.16. The number of carbonyl (C=O) groups is 2. The molecule has 1 spiro atoms. The SMILES string of the molecule is CN1CCC2(CC1)C(=O)N(CC1COc3ccccc3O1)C(=O)C2c1ccccc1.Cl. The van der Waals surface area contributed by atoms with Crippen molar-refractivity contribution in [3.8, 4) is 11.5 Å². The maximum absolute atomic E-state index is 13.7. The monoisotopic (exact) mass is 442 g/mol. The summed E-state index contributed by atoms with van der Waals surface area (Å²) in [5.41, 5.74) is 0.257. The molecule has 3 heterocycles. The van der Waals surface area contributed by atoms with E-state index in [1.54, 1.807) is 0 Å². The maximum Gasteiger partial charge on any atom is 0.237 e. The molecule has 2 amide bonds. The molecule has 3 aliphatic heterocycles. The second-order valence-electron chi connectivity index (χ2n) is 8.55. The number of fused-ring (bicyclic) bond motifs is 1. The molecule has 0 aliphatic carbocycles. The Labute approximate surface area is 188 Å². The number of benzene rings is 2. The van der Waals surface area contributed by atoms with Crippen LogP contribution in [0, 0.1) is 5.41 Å². The fourth-order valence-electron chi connectivity index (χ4n) is 5.04. The van der Waals surface area contributed by atoms with Gasteiger partial charge in [0.2, 0.25) is 11.8 Å². The molecule has 7 heteroatoms. The first-order chi connectivity index (χ1) is 14.6. The first kappa shape index (κ1) is 21.7. The van der Waals surface area contributed by atoms with Gasteiger partial charge in [-0.1, -0.05) is 42.5 Å². The van der Waals surface area contributed by atoms with Crippen LogP contribution in [-0.2, 0) is 9.59 Å². The van der Waals surface area contributed by atoms with E-state index in [1.807, 2.05) is 54.6 Å². The molecule has 2 fully saturated rings. The lowest BCUT2D eigenvalue weighted by Crippen LogP contribution is -2.47. The molecule has 0 N–H and O–H groups in total. The number of piperidine rings is 1. The highest BCUT2D eigenvalue weighted by atomic mass is 35.5. The highest BCUT2D eigenvalue weighted by molar-refractivity contribution is 6.10. The van der Waals surface area contributed by atoms with Crippen molar-refractivity contribution in [2.45, 2.75) is 24.9 Å². The Balaban J connectivity index is 0.00000231. The van der Waals surface area contributed by atoms with Crippen LogP contribution in [-0.4, -0.2) is 61.0 Å². The van der Waals surface area contributed by atoms with Crippen molar-refractivity contribution in [1.29, 1.82) is 0 Å². The van der Waals surface area contributed by atoms with Crippen molar-refractivity contribution in [3.05, 3.63) is 60.2 Å². The molecule has 6 nitrogen and oxygen atoms in total. The van der Waals surface area contributed by atoms with Crippen LogP contribution in [0.1, 0.15) is 24.3 Å². The van der Waals surface area contributed by atoms with E-state index < -0.39 is 11.3 Å². The van der Waals surface area contributed by atoms with E-state index in [-0.39, 0.29) is 36.9 Å². The summed E-state index contributed by atoms with van der Waals surface area (Å²) in [6.07, 6.45) is 1.01. The van der Waals surface area contributed by atoms with Gasteiger partial charge < -0.3 is 14.4 Å². The highest BCUT2D eigenvalue weighted by Crippen LogP contribution is 2.51. The summed E-state index contributed by atoms with van der Waals surface area (Å²) in [5.74, 6) is 0.745. The summed E-state index contributed by atoms with van der Waals surface area (Å²) in [7, 11) is 2.06. The minimum Gasteiger partial charge on any atom is -0.486 e. The van der Waals surface area contributed by atoms with Gasteiger partial charge in [-0.25, -0.2) is 0 Å². The van der Waals surface area contributed by atoms with Crippen molar-refractivity contribution >= 4 is 24.2 Å². The zero-order valence-corrected chi connectivity index (χ0v) is 18.3. The average molecular weight is 443 g/mol. The number of nitrogens with zero attached hydrogens (tertiary/aromatic N) is 2. The zero-order chi connectivity index (χ0) is 20.7. The van der Waals surface area contributed by atoms with Crippen LogP contribution in [0.2, 0.25) is 0 Å². The molecule has 2 aromatic rings. The molecule has 0 bridgehead atoms. The number of hydrogen-bond acceptors (Lipinski definition) is 5. The minimum atomic E-state index is -0.668. The molecular formula is C24H27ClN2O4. The second kappa shape index (κ2) is 8.52. The van der Waals surface area contributed by atoms with Crippen LogP contribution < -0.4 is 9.47 Å². The van der Waals surface area contributed by atoms with E-state index >= 15 is 0 Å². The fraction of sp³-hybridized carbons (Fsp3) is 0.417. The number of hydrogen-bond donors (Lipinski definition) is 0. The Morgan fingerprint density at radius 2 is 1.61 bits per heavy atom. The summed E-state index contributed by atoms with van der Waals surface area (Å²) >= 11 is 0. The van der Waals surface area contributed by atoms with E-state index in [0.717, 1.165) is 18.7 Å². The zero-order valence-electron chi connectivity index (χ0n) is 17.5. The van der Waals surface area contributed by atoms with Crippen LogP contribution in [0.5, 0.6) is 11.5 Å². The Morgan fingerprint density at radius 1 is 0.968 bits per heavy atom. The summed E-state index contributed by atoms with van der Waals surface area (Å²) in [6, 6.07) is 17.2. The van der Waals surface area contributed by atoms with Gasteiger partial charge in [0.1, 0.15) is 6.61 Å². The van der Waals surface area contributed by atoms with E-state index in [0.29, 0.717) is 30.9 Å². The number of amides is 2. The van der Waals surface area contributed by atoms with Crippen molar-refractivity contribution in [2.24, 2.45) is 5.41 Å². The number of carbonyl (C=O) groups excluding carboxylic acids is 2. The number of para-hydroxylation sites is 2. The number of rotatable bonds is 3. The number of imide groups is 1. The van der Waals surface area contributed by atoms with Crippen molar-refractivity contribution in [3.63, 3.8) is 0 Å². The quantitative estimate of drug-likeness (QED) is 0.683. The van der Waals surface area contributed by atoms with Crippen LogP contribution in [0.15, 0.2) is 54.6 Å². The summed E-state index contributed by atoms with van der Waals surface area (Å²) in [4.78, 5) is 30.9. The van der Waals surface area contributed by atoms with Gasteiger partial charge in [0.15, 0.2) is 17.6 Å². The van der Waals surface area contributed by atoms with Crippen molar-refractivity contribution in [1.82, 2.24) is 9.80 Å². The van der Waals surface area contributed by atoms with Crippen LogP contribution >= 0.6 is 12.4 Å². The Bertz CT molecular complexity index is 959. The summed E-state index contributed by atoms with van der Waals surface area (Å²) < 4.78 is 11.8. The van der Waals surface area contributed by atoms with Gasteiger partial charge in [0.05, 0.1) is 17.9 Å². The molecule has 164 valence electrons. The van der Waals surface area contributed by atoms with Gasteiger partial charge in [-0.05, 0) is 50.7 Å². The molecule has 31 heavy (non-hydrogen) atoms. The van der Waals surface area contributed by atoms with E-state index in [2.05, 4.69) is 11.9 Å². The molecule has 2 saturated heterocycles. The Hall–Kier alpha value is -2.57. The van der Waals surface area contributed by atoms with Crippen LogP contribution in [0.3, 0.4) is 0 Å². The smallest absolute Gasteiger partial charge is 0.237 e. The third-order valence-corrected chi connectivity index (χ3v) is 6.70. The molecule has 5 rings (SSSR count). The minimum absolute atomic E-state index is 0. The normalized spacial score (nSPS) is 24.9. The van der Waals surface area contributed by atoms with Crippen LogP contribution in [0.4, 0.5) is 0 Å². The predicted molar refractivity (Wildman–Crippen MR) is 119 cm³/mol. The predicted octanol–water partition coefficient (Wildman–Crippen LogP) is 3.11. The lowest BCUT2D eigenvalue weighted by Gasteiger charge is -2.39. The fourth-order valence-corrected chi connectivity index (χ4v) is 5.04. The van der Waals surface area contributed by atoms with Gasteiger partial charge in [-0.2, -0.15) is 0 Å². The summed E-state index contributed by atoms with van der Waals surface area (Å²) in [5, 5.41) is 0. The van der Waals surface area contributed by atoms with Crippen molar-refractivity contribution in [2.75, 3.05) is 33.3 Å². The molecule has 0 aromatic heterocycles. The van der Waals surface area contributed by atoms with Gasteiger partial charge in [0.25, 0.3) is 0 Å². The molecule has 3 aliphatic rings. The number of ether oxygens (including phenoxy) is 2. The van der Waals surface area contributed by atoms with E-state index in [9.17, 15) is 9.59 Å². The van der Waals surface area contributed by atoms with Crippen molar-refractivity contribution < 1.29 is 19.1 Å². The third-order valence-electron chi connectivity index (χ3n) is 6.70. The standard InChI is InChI=1S/C24H26N2O4.ClH/c1-25-13-11-24(12-14-25)21(17-7-3-2-4-8-17)22(27)26(23(24)28)15-18-16-29-19-9-5-6-10-20(19)30-18;/h2-10,18,21H,11-16H2,1H3;1H. The second-order valence-corrected chi connectivity index (χ2v) is 8.55. The van der Waals surface area contributed by atoms with E-state index in [1.165, 1.54) is 4.90 Å². The van der Waals surface area contributed by atoms with Crippen LogP contribution in [0.25, 0.3) is 0 Å². The van der Waals surface area contributed by atoms with Gasteiger partial charge in [0, 0.05) is 0 Å². The largest absolute Gasteiger partial charge is 0.486 e. The lowest BCUT2D eigenvalue weighted by molar-refractivity contribution is -0.144. The lowest BCUT2D eigenvalue weighted by atomic mass is 9.67. The van der Waals surface area contributed by atoms with Gasteiger partial charge >= 0.3 is 0 Å². The molecule has 0 radical (unpaired) electrons. The number of halogens is 1. The molecule has 0 saturated carbocycles. The van der Waals surface area contributed by atoms with E-state index in [4.69, 9.17) is 9.47 Å². The first-order valence-corrected chi connectivity index (χ1v) is 10.6. The molecular weight excluding hydrogens is 416 g/mol. The third kappa shape index (κ3) is 3.68. The average Bonchev–Trinajstić information content (AvgIpc) is 2.97. The molecule has 2 aromatic carbocycles. The molecule has 2 atom stereocenters. The highest BCUT2D eigenvalue weighted by Gasteiger charge is 2.60. The topological polar surface area (TPSA) is 59.1 Å². The number of likely N-dealkylation sites (tertiary alicyclic amines) is 2. The maximum atomic E-state index is 13.7. The first-order valence-electron chi connectivity index (χ1n) is 10.6. The van der Waals surface area contributed by atoms with Gasteiger partial charge in [-0.3, -0.25) is 14.5 Å². The Kier molecular flexibility index (Phi) is 5.95. The molecule has 2 unspecified atom stereocenters.